The molecular weight excluding hydrogens is 226 g/mol. The van der Waals surface area contributed by atoms with E-state index in [1.54, 1.807) is 13.1 Å². The van der Waals surface area contributed by atoms with Crippen molar-refractivity contribution in [3.05, 3.63) is 11.1 Å². The molecule has 1 heterocycles. The molecule has 1 unspecified atom stereocenters. The highest BCUT2D eigenvalue weighted by Gasteiger charge is 2.08. The number of nitrogens with zero attached hydrogens (tertiary/aromatic N) is 1. The van der Waals surface area contributed by atoms with Gasteiger partial charge in [0.1, 0.15) is 0 Å². The summed E-state index contributed by atoms with van der Waals surface area (Å²) in [6.45, 7) is 3.75. The third kappa shape index (κ3) is 4.16. The molecule has 90 valence electrons. The van der Waals surface area contributed by atoms with Gasteiger partial charge in [-0.15, -0.1) is 11.3 Å². The van der Waals surface area contributed by atoms with Gasteiger partial charge in [0, 0.05) is 11.1 Å². The van der Waals surface area contributed by atoms with E-state index in [-0.39, 0.29) is 18.7 Å². The fourth-order valence-corrected chi connectivity index (χ4v) is 2.04. The van der Waals surface area contributed by atoms with Crippen molar-refractivity contribution in [1.82, 2.24) is 10.3 Å². The van der Waals surface area contributed by atoms with Crippen LogP contribution in [0.25, 0.3) is 0 Å². The van der Waals surface area contributed by atoms with E-state index in [0.717, 1.165) is 17.7 Å². The fraction of sp³-hybridized carbons (Fsp3) is 0.600. The smallest absolute Gasteiger partial charge is 0.321 e. The number of hydrogen-bond donors (Lipinski definition) is 3. The van der Waals surface area contributed by atoms with Crippen molar-refractivity contribution < 1.29 is 9.90 Å². The molecule has 0 aliphatic rings. The number of anilines is 1. The van der Waals surface area contributed by atoms with E-state index in [0.29, 0.717) is 5.13 Å². The summed E-state index contributed by atoms with van der Waals surface area (Å²) < 4.78 is 0. The van der Waals surface area contributed by atoms with Gasteiger partial charge in [-0.25, -0.2) is 9.78 Å². The topological polar surface area (TPSA) is 74.2 Å². The number of rotatable bonds is 5. The monoisotopic (exact) mass is 243 g/mol. The quantitative estimate of drug-likeness (QED) is 0.735. The summed E-state index contributed by atoms with van der Waals surface area (Å²) >= 11 is 1.47. The minimum Gasteiger partial charge on any atom is -0.394 e. The van der Waals surface area contributed by atoms with E-state index < -0.39 is 0 Å². The van der Waals surface area contributed by atoms with E-state index >= 15 is 0 Å². The number of carbonyl (C=O) groups is 1. The molecular formula is C10H17N3O2S. The molecule has 1 aromatic rings. The Balaban J connectivity index is 2.43. The van der Waals surface area contributed by atoms with E-state index in [9.17, 15) is 4.79 Å². The van der Waals surface area contributed by atoms with Gasteiger partial charge in [-0.3, -0.25) is 5.32 Å². The molecule has 1 rings (SSSR count). The lowest BCUT2D eigenvalue weighted by Crippen LogP contribution is -2.38. The van der Waals surface area contributed by atoms with Gasteiger partial charge in [0.15, 0.2) is 5.13 Å². The third-order valence-corrected chi connectivity index (χ3v) is 2.89. The van der Waals surface area contributed by atoms with Gasteiger partial charge in [0.2, 0.25) is 0 Å². The Hall–Kier alpha value is -1.14. The van der Waals surface area contributed by atoms with Gasteiger partial charge in [0.05, 0.1) is 12.6 Å². The third-order valence-electron chi connectivity index (χ3n) is 1.92. The average molecular weight is 243 g/mol. The van der Waals surface area contributed by atoms with E-state index in [1.165, 1.54) is 11.3 Å². The lowest BCUT2D eigenvalue weighted by atomic mass is 10.3. The summed E-state index contributed by atoms with van der Waals surface area (Å²) in [5, 5.41) is 14.6. The SMILES string of the molecule is CCCc1cnc(NC(=O)NC(C)CO)s1. The highest BCUT2D eigenvalue weighted by molar-refractivity contribution is 7.15. The number of amides is 2. The molecule has 5 nitrogen and oxygen atoms in total. The van der Waals surface area contributed by atoms with Crippen LogP contribution < -0.4 is 10.6 Å². The molecule has 1 atom stereocenters. The Morgan fingerprint density at radius 3 is 3.06 bits per heavy atom. The Morgan fingerprint density at radius 2 is 2.44 bits per heavy atom. The first-order valence-corrected chi connectivity index (χ1v) is 6.10. The van der Waals surface area contributed by atoms with E-state index in [2.05, 4.69) is 22.5 Å². The van der Waals surface area contributed by atoms with Crippen LogP contribution >= 0.6 is 11.3 Å². The van der Waals surface area contributed by atoms with Gasteiger partial charge in [-0.1, -0.05) is 13.3 Å². The van der Waals surface area contributed by atoms with Crippen molar-refractivity contribution in [2.45, 2.75) is 32.7 Å². The number of nitrogens with one attached hydrogen (secondary N) is 2. The van der Waals surface area contributed by atoms with Crippen LogP contribution in [0.2, 0.25) is 0 Å². The van der Waals surface area contributed by atoms with Crippen LogP contribution in [0.1, 0.15) is 25.1 Å². The van der Waals surface area contributed by atoms with Crippen molar-refractivity contribution in [2.75, 3.05) is 11.9 Å². The molecule has 0 saturated carbocycles. The number of hydrogen-bond acceptors (Lipinski definition) is 4. The first kappa shape index (κ1) is 12.9. The second-order valence-corrected chi connectivity index (χ2v) is 4.68. The first-order chi connectivity index (χ1) is 7.65. The van der Waals surface area contributed by atoms with Crippen LogP contribution in [-0.4, -0.2) is 28.8 Å². The summed E-state index contributed by atoms with van der Waals surface area (Å²) in [5.41, 5.74) is 0. The number of aryl methyl sites for hydroxylation is 1. The van der Waals surface area contributed by atoms with Gasteiger partial charge >= 0.3 is 6.03 Å². The van der Waals surface area contributed by atoms with E-state index in [4.69, 9.17) is 5.11 Å². The van der Waals surface area contributed by atoms with Crippen molar-refractivity contribution in [3.8, 4) is 0 Å². The highest BCUT2D eigenvalue weighted by Crippen LogP contribution is 2.19. The zero-order valence-electron chi connectivity index (χ0n) is 9.49. The average Bonchev–Trinajstić information content (AvgIpc) is 2.65. The molecule has 0 saturated heterocycles. The second-order valence-electron chi connectivity index (χ2n) is 3.56. The summed E-state index contributed by atoms with van der Waals surface area (Å²) in [6, 6.07) is -0.589. The molecule has 1 aromatic heterocycles. The van der Waals surface area contributed by atoms with Crippen LogP contribution in [0.3, 0.4) is 0 Å². The molecule has 16 heavy (non-hydrogen) atoms. The van der Waals surface area contributed by atoms with Crippen molar-refractivity contribution in [2.24, 2.45) is 0 Å². The fourth-order valence-electron chi connectivity index (χ4n) is 1.13. The minimum atomic E-state index is -0.334. The zero-order valence-corrected chi connectivity index (χ0v) is 10.3. The first-order valence-electron chi connectivity index (χ1n) is 5.28. The predicted molar refractivity (Wildman–Crippen MR) is 64.8 cm³/mol. The lowest BCUT2D eigenvalue weighted by molar-refractivity contribution is 0.229. The molecule has 0 radical (unpaired) electrons. The molecule has 6 heteroatoms. The van der Waals surface area contributed by atoms with Crippen molar-refractivity contribution in [3.63, 3.8) is 0 Å². The van der Waals surface area contributed by atoms with Gasteiger partial charge in [-0.05, 0) is 13.3 Å². The Labute approximate surface area is 98.9 Å². The summed E-state index contributed by atoms with van der Waals surface area (Å²) in [7, 11) is 0. The molecule has 0 spiro atoms. The number of urea groups is 1. The molecule has 0 fully saturated rings. The molecule has 2 amide bonds. The van der Waals surface area contributed by atoms with Crippen LogP contribution in [0.5, 0.6) is 0 Å². The molecule has 0 aromatic carbocycles. The van der Waals surface area contributed by atoms with Crippen molar-refractivity contribution >= 4 is 22.5 Å². The maximum atomic E-state index is 11.4. The van der Waals surface area contributed by atoms with E-state index in [1.807, 2.05) is 0 Å². The summed E-state index contributed by atoms with van der Waals surface area (Å²) in [4.78, 5) is 16.6. The van der Waals surface area contributed by atoms with Gasteiger partial charge in [0.25, 0.3) is 0 Å². The van der Waals surface area contributed by atoms with Crippen molar-refractivity contribution in [1.29, 1.82) is 0 Å². The van der Waals surface area contributed by atoms with Crippen LogP contribution in [0, 0.1) is 0 Å². The number of thiazole rings is 1. The number of aliphatic hydroxyl groups is 1. The number of aliphatic hydroxyl groups excluding tert-OH is 1. The summed E-state index contributed by atoms with van der Waals surface area (Å²) in [5.74, 6) is 0. The maximum absolute atomic E-state index is 11.4. The highest BCUT2D eigenvalue weighted by atomic mass is 32.1. The maximum Gasteiger partial charge on any atom is 0.321 e. The normalized spacial score (nSPS) is 12.2. The van der Waals surface area contributed by atoms with Crippen LogP contribution in [0.4, 0.5) is 9.93 Å². The largest absolute Gasteiger partial charge is 0.394 e. The van der Waals surface area contributed by atoms with Crippen LogP contribution in [0.15, 0.2) is 6.20 Å². The standard InChI is InChI=1S/C10H17N3O2S/c1-3-4-8-5-11-10(16-8)13-9(15)12-7(2)6-14/h5,7,14H,3-4,6H2,1-2H3,(H2,11,12,13,15). The minimum absolute atomic E-state index is 0.0770. The molecule has 0 aliphatic heterocycles. The predicted octanol–water partition coefficient (Wildman–Crippen LogP) is 1.60. The van der Waals surface area contributed by atoms with Gasteiger partial charge < -0.3 is 10.4 Å². The number of aromatic nitrogens is 1. The summed E-state index contributed by atoms with van der Waals surface area (Å²) in [6.07, 6.45) is 3.82. The zero-order chi connectivity index (χ0) is 12.0. The molecule has 0 aliphatic carbocycles. The second kappa shape index (κ2) is 6.44. The molecule has 0 bridgehead atoms. The Bertz CT molecular complexity index is 341. The molecule has 3 N–H and O–H groups in total. The van der Waals surface area contributed by atoms with Gasteiger partial charge in [-0.2, -0.15) is 0 Å². The lowest BCUT2D eigenvalue weighted by Gasteiger charge is -2.10. The Kier molecular flexibility index (Phi) is 5.21. The van der Waals surface area contributed by atoms with Crippen LogP contribution in [-0.2, 0) is 6.42 Å². The Morgan fingerprint density at radius 1 is 1.69 bits per heavy atom. The number of carbonyl (C=O) groups excluding carboxylic acids is 1.